The number of carbonyl (C=O) groups excluding carboxylic acids is 1. The lowest BCUT2D eigenvalue weighted by molar-refractivity contribution is -0.0600. The molecule has 5 rings (SSSR count). The van der Waals surface area contributed by atoms with Gasteiger partial charge in [-0.2, -0.15) is 0 Å². The molecule has 2 aliphatic rings. The quantitative estimate of drug-likeness (QED) is 0.750. The highest BCUT2D eigenvalue weighted by atomic mass is 16.5. The minimum atomic E-state index is -1.77. The monoisotopic (exact) mass is 366 g/mol. The van der Waals surface area contributed by atoms with Gasteiger partial charge in [0.2, 0.25) is 5.78 Å². The van der Waals surface area contributed by atoms with Crippen molar-refractivity contribution < 1.29 is 28.5 Å². The van der Waals surface area contributed by atoms with Crippen LogP contribution >= 0.6 is 0 Å². The summed E-state index contributed by atoms with van der Waals surface area (Å²) < 4.78 is 22.2. The molecule has 0 radical (unpaired) electrons. The molecule has 2 atom stereocenters. The number of ketones is 1. The van der Waals surface area contributed by atoms with Gasteiger partial charge in [0.05, 0.1) is 26.0 Å². The maximum absolute atomic E-state index is 13.4. The number of rotatable bonds is 2. The fraction of sp³-hybridized carbons (Fsp3) is 0.286. The summed E-state index contributed by atoms with van der Waals surface area (Å²) in [5.74, 6) is 1.11. The van der Waals surface area contributed by atoms with E-state index < -0.39 is 11.7 Å². The number of ether oxygens (including phenoxy) is 3. The first-order valence-electron chi connectivity index (χ1n) is 8.76. The van der Waals surface area contributed by atoms with E-state index in [1.165, 1.54) is 7.11 Å². The van der Waals surface area contributed by atoms with E-state index in [0.717, 1.165) is 10.9 Å². The van der Waals surface area contributed by atoms with Crippen molar-refractivity contribution >= 4 is 16.8 Å². The fourth-order valence-electron chi connectivity index (χ4n) is 4.19. The van der Waals surface area contributed by atoms with Crippen molar-refractivity contribution in [3.63, 3.8) is 0 Å². The molecule has 0 fully saturated rings. The van der Waals surface area contributed by atoms with E-state index >= 15 is 0 Å². The van der Waals surface area contributed by atoms with Gasteiger partial charge >= 0.3 is 0 Å². The van der Waals surface area contributed by atoms with Crippen LogP contribution in [0, 0.1) is 0 Å². The highest BCUT2D eigenvalue weighted by Crippen LogP contribution is 2.48. The van der Waals surface area contributed by atoms with Crippen LogP contribution in [0.5, 0.6) is 17.2 Å². The number of aliphatic hydroxyl groups is 1. The van der Waals surface area contributed by atoms with Crippen molar-refractivity contribution in [1.82, 2.24) is 0 Å². The topological polar surface area (TPSA) is 78.1 Å². The van der Waals surface area contributed by atoms with Crippen molar-refractivity contribution in [2.75, 3.05) is 14.2 Å². The van der Waals surface area contributed by atoms with Crippen LogP contribution < -0.4 is 14.2 Å². The van der Waals surface area contributed by atoms with Gasteiger partial charge in [0, 0.05) is 17.0 Å². The van der Waals surface area contributed by atoms with Gasteiger partial charge in [0.25, 0.3) is 0 Å². The Kier molecular flexibility index (Phi) is 3.30. The number of hydrogen-bond donors (Lipinski definition) is 1. The Labute approximate surface area is 155 Å². The first-order valence-corrected chi connectivity index (χ1v) is 8.76. The van der Waals surface area contributed by atoms with Crippen molar-refractivity contribution in [1.29, 1.82) is 0 Å². The normalized spacial score (nSPS) is 23.2. The maximum atomic E-state index is 13.4. The summed E-state index contributed by atoms with van der Waals surface area (Å²) >= 11 is 0. The lowest BCUT2D eigenvalue weighted by Gasteiger charge is -2.43. The molecule has 138 valence electrons. The number of hydrogen-bond acceptors (Lipinski definition) is 6. The van der Waals surface area contributed by atoms with Crippen LogP contribution in [-0.2, 0) is 12.0 Å². The smallest absolute Gasteiger partial charge is 0.206 e. The molecule has 3 aromatic rings. The van der Waals surface area contributed by atoms with Crippen molar-refractivity contribution in [3.05, 3.63) is 53.3 Å². The van der Waals surface area contributed by atoms with Gasteiger partial charge in [0.1, 0.15) is 17.4 Å². The zero-order valence-electron chi connectivity index (χ0n) is 14.9. The van der Waals surface area contributed by atoms with Crippen LogP contribution in [-0.4, -0.2) is 31.2 Å². The number of fused-ring (bicyclic) bond motifs is 5. The third-order valence-electron chi connectivity index (χ3n) is 5.58. The van der Waals surface area contributed by atoms with E-state index in [9.17, 15) is 9.90 Å². The van der Waals surface area contributed by atoms with Crippen LogP contribution in [0.3, 0.4) is 0 Å². The van der Waals surface area contributed by atoms with E-state index in [2.05, 4.69) is 0 Å². The Morgan fingerprint density at radius 2 is 1.93 bits per heavy atom. The molecule has 2 aromatic carbocycles. The molecular formula is C21H18O6. The molecule has 1 N–H and O–H groups in total. The maximum Gasteiger partial charge on any atom is 0.206 e. The summed E-state index contributed by atoms with van der Waals surface area (Å²) in [5, 5.41) is 12.4. The molecule has 2 unspecified atom stereocenters. The van der Waals surface area contributed by atoms with E-state index in [-0.39, 0.29) is 5.78 Å². The molecule has 0 bridgehead atoms. The lowest BCUT2D eigenvalue weighted by atomic mass is 9.71. The number of Topliss-reactive ketones (excluding diaryl/α,β-unsaturated/α-hetero) is 1. The SMILES string of the molecule is COc1cc2c(cc1OC)C1(O)C(=O)c3cc4ccoc4cc3OC1CC2. The largest absolute Gasteiger partial charge is 0.493 e. The molecule has 0 spiro atoms. The van der Waals surface area contributed by atoms with Crippen molar-refractivity contribution in [3.8, 4) is 17.2 Å². The third kappa shape index (κ3) is 2.07. The molecule has 2 heterocycles. The summed E-state index contributed by atoms with van der Waals surface area (Å²) in [6, 6.07) is 8.71. The average molecular weight is 366 g/mol. The van der Waals surface area contributed by atoms with Gasteiger partial charge in [-0.15, -0.1) is 0 Å². The molecule has 6 heteroatoms. The van der Waals surface area contributed by atoms with Crippen LogP contribution in [0.4, 0.5) is 0 Å². The summed E-state index contributed by atoms with van der Waals surface area (Å²) in [6.07, 6.45) is 2.07. The van der Waals surface area contributed by atoms with E-state index in [1.54, 1.807) is 37.6 Å². The predicted octanol–water partition coefficient (Wildman–Crippen LogP) is 3.23. The van der Waals surface area contributed by atoms with Crippen LogP contribution in [0.15, 0.2) is 41.0 Å². The molecule has 1 aliphatic carbocycles. The van der Waals surface area contributed by atoms with E-state index in [4.69, 9.17) is 18.6 Å². The molecule has 6 nitrogen and oxygen atoms in total. The van der Waals surface area contributed by atoms with Crippen molar-refractivity contribution in [2.24, 2.45) is 0 Å². The number of benzene rings is 2. The fourth-order valence-corrected chi connectivity index (χ4v) is 4.19. The van der Waals surface area contributed by atoms with Gasteiger partial charge < -0.3 is 23.7 Å². The number of carbonyl (C=O) groups is 1. The van der Waals surface area contributed by atoms with Crippen LogP contribution in [0.25, 0.3) is 11.0 Å². The van der Waals surface area contributed by atoms with Gasteiger partial charge in [-0.05, 0) is 42.7 Å². The van der Waals surface area contributed by atoms with Crippen molar-refractivity contribution in [2.45, 2.75) is 24.5 Å². The molecular weight excluding hydrogens is 348 g/mol. The Balaban J connectivity index is 1.72. The highest BCUT2D eigenvalue weighted by molar-refractivity contribution is 6.09. The molecule has 0 amide bonds. The van der Waals surface area contributed by atoms with E-state index in [0.29, 0.717) is 46.8 Å². The van der Waals surface area contributed by atoms with Crippen LogP contribution in [0.1, 0.15) is 27.9 Å². The Hall–Kier alpha value is -2.99. The number of furan rings is 1. The zero-order chi connectivity index (χ0) is 18.8. The molecule has 1 aromatic heterocycles. The second kappa shape index (κ2) is 5.50. The van der Waals surface area contributed by atoms with Gasteiger partial charge in [-0.3, -0.25) is 4.79 Å². The Morgan fingerprint density at radius 1 is 1.15 bits per heavy atom. The Bertz CT molecular complexity index is 1080. The standard InChI is InChI=1S/C21H18O6/c1-24-17-8-11-3-4-19-21(23,14(11)9-18(17)25-2)20(22)13-7-12-5-6-26-15(12)10-16(13)27-19/h5-10,19,23H,3-4H2,1-2H3. The average Bonchev–Trinajstić information content (AvgIpc) is 3.14. The van der Waals surface area contributed by atoms with Gasteiger partial charge in [0.15, 0.2) is 17.1 Å². The summed E-state index contributed by atoms with van der Waals surface area (Å²) in [6.45, 7) is 0. The number of methoxy groups -OCH3 is 2. The lowest BCUT2D eigenvalue weighted by Crippen LogP contribution is -2.55. The van der Waals surface area contributed by atoms with Gasteiger partial charge in [-0.1, -0.05) is 0 Å². The molecule has 0 saturated carbocycles. The third-order valence-corrected chi connectivity index (χ3v) is 5.58. The second-order valence-corrected chi connectivity index (χ2v) is 6.91. The summed E-state index contributed by atoms with van der Waals surface area (Å²) in [7, 11) is 3.09. The van der Waals surface area contributed by atoms with Gasteiger partial charge in [-0.25, -0.2) is 0 Å². The minimum absolute atomic E-state index is 0.352. The summed E-state index contributed by atoms with van der Waals surface area (Å²) in [4.78, 5) is 13.4. The zero-order valence-corrected chi connectivity index (χ0v) is 14.9. The minimum Gasteiger partial charge on any atom is -0.493 e. The molecule has 0 saturated heterocycles. The Morgan fingerprint density at radius 3 is 2.70 bits per heavy atom. The number of aryl methyl sites for hydroxylation is 1. The highest BCUT2D eigenvalue weighted by Gasteiger charge is 2.54. The van der Waals surface area contributed by atoms with Crippen LogP contribution in [0.2, 0.25) is 0 Å². The second-order valence-electron chi connectivity index (χ2n) is 6.91. The first-order chi connectivity index (χ1) is 13.1. The predicted molar refractivity (Wildman–Crippen MR) is 96.7 cm³/mol. The molecule has 27 heavy (non-hydrogen) atoms. The first kappa shape index (κ1) is 16.2. The molecule has 1 aliphatic heterocycles. The van der Waals surface area contributed by atoms with E-state index in [1.807, 2.05) is 6.07 Å². The summed E-state index contributed by atoms with van der Waals surface area (Å²) in [5.41, 5.74) is 0.604.